The number of hydrogen-bond donors (Lipinski definition) is 1. The number of hydrogen-bond acceptors (Lipinski definition) is 5. The van der Waals surface area contributed by atoms with Crippen molar-refractivity contribution < 1.29 is 9.32 Å². The summed E-state index contributed by atoms with van der Waals surface area (Å²) in [6.07, 6.45) is 3.60. The number of carbonyl (C=O) groups excluding carboxylic acids is 1. The summed E-state index contributed by atoms with van der Waals surface area (Å²) in [6, 6.07) is 17.9. The van der Waals surface area contributed by atoms with Crippen LogP contribution in [0.2, 0.25) is 0 Å². The first-order valence-electron chi connectivity index (χ1n) is 9.69. The first-order chi connectivity index (χ1) is 13.8. The molecule has 0 aliphatic carbocycles. The lowest BCUT2D eigenvalue weighted by Crippen LogP contribution is -2.40. The van der Waals surface area contributed by atoms with Crippen LogP contribution in [0.3, 0.4) is 0 Å². The lowest BCUT2D eigenvalue weighted by molar-refractivity contribution is 0.0929. The molecule has 1 aliphatic rings. The third-order valence-electron chi connectivity index (χ3n) is 5.18. The molecule has 0 bridgehead atoms. The highest BCUT2D eigenvalue weighted by atomic mass is 16.5. The Morgan fingerprint density at radius 2 is 1.89 bits per heavy atom. The number of benzene rings is 2. The molecule has 1 fully saturated rings. The Bertz CT molecular complexity index is 879. The van der Waals surface area contributed by atoms with E-state index in [-0.39, 0.29) is 5.91 Å². The van der Waals surface area contributed by atoms with Crippen LogP contribution in [0.5, 0.6) is 0 Å². The predicted octanol–water partition coefficient (Wildman–Crippen LogP) is 3.38. The number of piperidine rings is 1. The number of nitrogens with one attached hydrogen (secondary N) is 1. The first kappa shape index (κ1) is 18.4. The maximum Gasteiger partial charge on any atom is 0.251 e. The minimum absolute atomic E-state index is 0.0186. The summed E-state index contributed by atoms with van der Waals surface area (Å²) in [6.45, 7) is 3.34. The Morgan fingerprint density at radius 1 is 1.11 bits per heavy atom. The molecule has 1 saturated heterocycles. The summed E-state index contributed by atoms with van der Waals surface area (Å²) in [5.74, 6) is 1.13. The quantitative estimate of drug-likeness (QED) is 0.714. The summed E-state index contributed by atoms with van der Waals surface area (Å²) in [7, 11) is 0. The molecule has 0 spiro atoms. The van der Waals surface area contributed by atoms with E-state index in [1.54, 1.807) is 0 Å². The lowest BCUT2D eigenvalue weighted by atomic mass is 9.97. The molecule has 2 aromatic carbocycles. The molecule has 0 saturated carbocycles. The molecule has 6 heteroatoms. The predicted molar refractivity (Wildman–Crippen MR) is 107 cm³/mol. The van der Waals surface area contributed by atoms with Crippen LogP contribution in [0.25, 0.3) is 11.1 Å². The maximum absolute atomic E-state index is 12.5. The van der Waals surface area contributed by atoms with Crippen molar-refractivity contribution in [2.45, 2.75) is 19.4 Å². The second-order valence-electron chi connectivity index (χ2n) is 7.24. The molecule has 4 rings (SSSR count). The van der Waals surface area contributed by atoms with Crippen LogP contribution < -0.4 is 5.32 Å². The molecule has 1 N–H and O–H groups in total. The fourth-order valence-electron chi connectivity index (χ4n) is 3.71. The van der Waals surface area contributed by atoms with E-state index in [2.05, 4.69) is 32.5 Å². The monoisotopic (exact) mass is 376 g/mol. The second kappa shape index (κ2) is 8.80. The van der Waals surface area contributed by atoms with Gasteiger partial charge < -0.3 is 9.84 Å². The molecule has 1 amide bonds. The fourth-order valence-corrected chi connectivity index (χ4v) is 3.71. The Balaban J connectivity index is 1.29. The van der Waals surface area contributed by atoms with Crippen LogP contribution in [0, 0.1) is 5.92 Å². The van der Waals surface area contributed by atoms with E-state index in [9.17, 15) is 4.79 Å². The number of likely N-dealkylation sites (tertiary alicyclic amines) is 1. The van der Waals surface area contributed by atoms with Crippen molar-refractivity contribution in [3.8, 4) is 11.1 Å². The average molecular weight is 376 g/mol. The van der Waals surface area contributed by atoms with Gasteiger partial charge in [-0.2, -0.15) is 4.98 Å². The fraction of sp³-hybridized carbons (Fsp3) is 0.318. The zero-order valence-corrected chi connectivity index (χ0v) is 15.8. The van der Waals surface area contributed by atoms with Crippen LogP contribution in [-0.4, -0.2) is 40.6 Å². The van der Waals surface area contributed by atoms with Crippen molar-refractivity contribution in [3.05, 3.63) is 72.4 Å². The maximum atomic E-state index is 12.5. The summed E-state index contributed by atoms with van der Waals surface area (Å²) >= 11 is 0. The average Bonchev–Trinajstić information content (AvgIpc) is 3.26. The normalized spacial score (nSPS) is 17.4. The molecular weight excluding hydrogens is 352 g/mol. The second-order valence-corrected chi connectivity index (χ2v) is 7.24. The van der Waals surface area contributed by atoms with Crippen LogP contribution in [0.15, 0.2) is 65.5 Å². The molecule has 144 valence electrons. The summed E-state index contributed by atoms with van der Waals surface area (Å²) in [5, 5.41) is 6.97. The van der Waals surface area contributed by atoms with Crippen LogP contribution >= 0.6 is 0 Å². The van der Waals surface area contributed by atoms with E-state index >= 15 is 0 Å². The zero-order chi connectivity index (χ0) is 19.2. The largest absolute Gasteiger partial charge is 0.352 e. The van der Waals surface area contributed by atoms with Crippen molar-refractivity contribution >= 4 is 5.91 Å². The molecule has 1 unspecified atom stereocenters. The molecule has 1 atom stereocenters. The van der Waals surface area contributed by atoms with Gasteiger partial charge in [0, 0.05) is 18.7 Å². The molecular formula is C22H24N4O2. The molecule has 6 nitrogen and oxygen atoms in total. The van der Waals surface area contributed by atoms with Gasteiger partial charge in [-0.25, -0.2) is 0 Å². The standard InChI is InChI=1S/C22H24N4O2/c27-22(20-10-8-19(9-11-20)18-6-2-1-3-7-18)23-13-17-5-4-12-26(14-17)15-21-24-16-28-25-21/h1-3,6-11,16-17H,4-5,12-15H2,(H,23,27). The van der Waals surface area contributed by atoms with Gasteiger partial charge in [0.15, 0.2) is 5.82 Å². The molecule has 1 aromatic heterocycles. The highest BCUT2D eigenvalue weighted by Crippen LogP contribution is 2.20. The Hall–Kier alpha value is -2.99. The van der Waals surface area contributed by atoms with E-state index in [4.69, 9.17) is 4.52 Å². The van der Waals surface area contributed by atoms with Gasteiger partial charge in [0.1, 0.15) is 0 Å². The Morgan fingerprint density at radius 3 is 2.64 bits per heavy atom. The van der Waals surface area contributed by atoms with Gasteiger partial charge >= 0.3 is 0 Å². The molecule has 3 aromatic rings. The van der Waals surface area contributed by atoms with Gasteiger partial charge in [-0.05, 0) is 48.6 Å². The van der Waals surface area contributed by atoms with Gasteiger partial charge in [-0.1, -0.05) is 47.6 Å². The molecule has 0 radical (unpaired) electrons. The summed E-state index contributed by atoms with van der Waals surface area (Å²) in [4.78, 5) is 18.9. The number of aromatic nitrogens is 2. The summed E-state index contributed by atoms with van der Waals surface area (Å²) in [5.41, 5.74) is 2.96. The van der Waals surface area contributed by atoms with Crippen molar-refractivity contribution in [2.75, 3.05) is 19.6 Å². The van der Waals surface area contributed by atoms with E-state index in [0.717, 1.165) is 37.1 Å². The van der Waals surface area contributed by atoms with Gasteiger partial charge in [0.25, 0.3) is 5.91 Å². The number of carbonyl (C=O) groups is 1. The van der Waals surface area contributed by atoms with Gasteiger partial charge in [0.2, 0.25) is 6.39 Å². The van der Waals surface area contributed by atoms with E-state index < -0.39 is 0 Å². The van der Waals surface area contributed by atoms with E-state index in [0.29, 0.717) is 30.4 Å². The molecule has 28 heavy (non-hydrogen) atoms. The third kappa shape index (κ3) is 4.64. The number of amides is 1. The van der Waals surface area contributed by atoms with Crippen molar-refractivity contribution in [1.82, 2.24) is 20.4 Å². The Kier molecular flexibility index (Phi) is 5.77. The summed E-state index contributed by atoms with van der Waals surface area (Å²) < 4.78 is 4.80. The SMILES string of the molecule is O=C(NCC1CCCN(Cc2ncon2)C1)c1ccc(-c2ccccc2)cc1. The molecule has 1 aliphatic heterocycles. The molecule has 2 heterocycles. The lowest BCUT2D eigenvalue weighted by Gasteiger charge is -2.31. The highest BCUT2D eigenvalue weighted by Gasteiger charge is 2.21. The van der Waals surface area contributed by atoms with Crippen LogP contribution in [-0.2, 0) is 6.54 Å². The van der Waals surface area contributed by atoms with Gasteiger partial charge in [-0.3, -0.25) is 9.69 Å². The zero-order valence-electron chi connectivity index (χ0n) is 15.8. The topological polar surface area (TPSA) is 71.3 Å². The first-order valence-corrected chi connectivity index (χ1v) is 9.69. The third-order valence-corrected chi connectivity index (χ3v) is 5.18. The minimum atomic E-state index is -0.0186. The smallest absolute Gasteiger partial charge is 0.251 e. The number of nitrogens with zero attached hydrogens (tertiary/aromatic N) is 3. The van der Waals surface area contributed by atoms with Crippen LogP contribution in [0.1, 0.15) is 29.0 Å². The van der Waals surface area contributed by atoms with Crippen LogP contribution in [0.4, 0.5) is 0 Å². The van der Waals surface area contributed by atoms with Crippen molar-refractivity contribution in [1.29, 1.82) is 0 Å². The van der Waals surface area contributed by atoms with Gasteiger partial charge in [0.05, 0.1) is 6.54 Å². The Labute approximate surface area is 164 Å². The highest BCUT2D eigenvalue weighted by molar-refractivity contribution is 5.94. The van der Waals surface area contributed by atoms with Gasteiger partial charge in [-0.15, -0.1) is 0 Å². The van der Waals surface area contributed by atoms with Crippen molar-refractivity contribution in [3.63, 3.8) is 0 Å². The van der Waals surface area contributed by atoms with E-state index in [1.807, 2.05) is 42.5 Å². The minimum Gasteiger partial charge on any atom is -0.352 e. The van der Waals surface area contributed by atoms with E-state index in [1.165, 1.54) is 6.39 Å². The van der Waals surface area contributed by atoms with Crippen molar-refractivity contribution in [2.24, 2.45) is 5.92 Å². The number of rotatable bonds is 6.